The number of esters is 1. The first-order valence-electron chi connectivity index (χ1n) is 5.17. The molecule has 0 unspecified atom stereocenters. The highest BCUT2D eigenvalue weighted by atomic mass is 35.5. The molecule has 1 aromatic heterocycles. The number of pyridine rings is 1. The number of nitrogens with zero attached hydrogens (tertiary/aromatic N) is 1. The second-order valence-corrected chi connectivity index (χ2v) is 3.80. The number of methoxy groups -OCH3 is 1. The molecule has 18 heavy (non-hydrogen) atoms. The summed E-state index contributed by atoms with van der Waals surface area (Å²) < 4.78 is 10.2. The summed E-state index contributed by atoms with van der Waals surface area (Å²) in [7, 11) is 1.29. The summed E-state index contributed by atoms with van der Waals surface area (Å²) in [5.41, 5.74) is 0.228. The van der Waals surface area contributed by atoms with Crippen molar-refractivity contribution >= 4 is 17.6 Å². The number of benzene rings is 1. The van der Waals surface area contributed by atoms with Gasteiger partial charge in [0.2, 0.25) is 0 Å². The molecule has 0 aliphatic heterocycles. The Bertz CT molecular complexity index is 557. The molecule has 2 rings (SSSR count). The number of rotatable bonds is 3. The Morgan fingerprint density at radius 1 is 1.28 bits per heavy atom. The lowest BCUT2D eigenvalue weighted by atomic mass is 10.2. The first kappa shape index (κ1) is 12.4. The fourth-order valence-corrected chi connectivity index (χ4v) is 1.52. The van der Waals surface area contributed by atoms with Gasteiger partial charge in [0, 0.05) is 12.3 Å². The standard InChI is InChI=1S/C13H10ClNO3/c1-17-13(16)10-8-15-12(14)7-11(10)18-9-5-3-2-4-6-9/h2-8H,1H3. The van der Waals surface area contributed by atoms with Gasteiger partial charge in [-0.15, -0.1) is 0 Å². The maximum Gasteiger partial charge on any atom is 0.343 e. The van der Waals surface area contributed by atoms with E-state index in [1.807, 2.05) is 18.2 Å². The molecule has 0 bridgehead atoms. The normalized spacial score (nSPS) is 9.89. The summed E-state index contributed by atoms with van der Waals surface area (Å²) in [4.78, 5) is 15.4. The predicted molar refractivity (Wildman–Crippen MR) is 67.1 cm³/mol. The lowest BCUT2D eigenvalue weighted by Crippen LogP contribution is -2.04. The Kier molecular flexibility index (Phi) is 3.79. The van der Waals surface area contributed by atoms with Crippen LogP contribution in [0.1, 0.15) is 10.4 Å². The zero-order chi connectivity index (χ0) is 13.0. The summed E-state index contributed by atoms with van der Waals surface area (Å²) >= 11 is 5.79. The van der Waals surface area contributed by atoms with Crippen molar-refractivity contribution in [3.8, 4) is 11.5 Å². The van der Waals surface area contributed by atoms with Crippen LogP contribution in [-0.4, -0.2) is 18.1 Å². The van der Waals surface area contributed by atoms with Crippen LogP contribution in [-0.2, 0) is 4.74 Å². The Balaban J connectivity index is 2.36. The number of hydrogen-bond acceptors (Lipinski definition) is 4. The molecule has 92 valence electrons. The molecule has 4 nitrogen and oxygen atoms in total. The van der Waals surface area contributed by atoms with E-state index < -0.39 is 5.97 Å². The van der Waals surface area contributed by atoms with Gasteiger partial charge in [0.15, 0.2) is 0 Å². The molecule has 0 radical (unpaired) electrons. The summed E-state index contributed by atoms with van der Waals surface area (Å²) in [6.45, 7) is 0. The number of halogens is 1. The van der Waals surface area contributed by atoms with Crippen LogP contribution in [0.25, 0.3) is 0 Å². The first-order valence-corrected chi connectivity index (χ1v) is 5.55. The van der Waals surface area contributed by atoms with Crippen molar-refractivity contribution in [2.24, 2.45) is 0 Å². The van der Waals surface area contributed by atoms with Crippen LogP contribution in [0.4, 0.5) is 0 Å². The van der Waals surface area contributed by atoms with Crippen molar-refractivity contribution in [3.05, 3.63) is 53.3 Å². The molecule has 0 amide bonds. The minimum Gasteiger partial charge on any atom is -0.465 e. The molecule has 2 aromatic rings. The van der Waals surface area contributed by atoms with Crippen molar-refractivity contribution in [3.63, 3.8) is 0 Å². The highest BCUT2D eigenvalue weighted by molar-refractivity contribution is 6.29. The SMILES string of the molecule is COC(=O)c1cnc(Cl)cc1Oc1ccccc1. The average Bonchev–Trinajstić information content (AvgIpc) is 2.39. The van der Waals surface area contributed by atoms with Crippen molar-refractivity contribution in [1.29, 1.82) is 0 Å². The van der Waals surface area contributed by atoms with E-state index in [2.05, 4.69) is 9.72 Å². The third-order valence-corrected chi connectivity index (χ3v) is 2.42. The predicted octanol–water partition coefficient (Wildman–Crippen LogP) is 3.31. The van der Waals surface area contributed by atoms with E-state index >= 15 is 0 Å². The molecule has 0 fully saturated rings. The Morgan fingerprint density at radius 2 is 2.00 bits per heavy atom. The van der Waals surface area contributed by atoms with Crippen molar-refractivity contribution in [1.82, 2.24) is 4.98 Å². The molecule has 0 N–H and O–H groups in total. The Morgan fingerprint density at radius 3 is 2.67 bits per heavy atom. The monoisotopic (exact) mass is 263 g/mol. The second kappa shape index (κ2) is 5.51. The fourth-order valence-electron chi connectivity index (χ4n) is 1.38. The molecular formula is C13H10ClNO3. The summed E-state index contributed by atoms with van der Waals surface area (Å²) in [5, 5.41) is 0.244. The lowest BCUT2D eigenvalue weighted by molar-refractivity contribution is 0.0597. The molecule has 0 aliphatic carbocycles. The van der Waals surface area contributed by atoms with E-state index in [4.69, 9.17) is 16.3 Å². The maximum atomic E-state index is 11.6. The maximum absolute atomic E-state index is 11.6. The molecular weight excluding hydrogens is 254 g/mol. The second-order valence-electron chi connectivity index (χ2n) is 3.41. The number of carbonyl (C=O) groups excluding carboxylic acids is 1. The van der Waals surface area contributed by atoms with Crippen molar-refractivity contribution in [2.75, 3.05) is 7.11 Å². The van der Waals surface area contributed by atoms with Crippen LogP contribution in [0.3, 0.4) is 0 Å². The molecule has 5 heteroatoms. The topological polar surface area (TPSA) is 48.4 Å². The number of carbonyl (C=O) groups is 1. The quantitative estimate of drug-likeness (QED) is 0.630. The van der Waals surface area contributed by atoms with Gasteiger partial charge in [0.25, 0.3) is 0 Å². The van der Waals surface area contributed by atoms with Crippen molar-refractivity contribution < 1.29 is 14.3 Å². The molecule has 0 saturated carbocycles. The van der Waals surface area contributed by atoms with Crippen LogP contribution in [0.15, 0.2) is 42.6 Å². The minimum absolute atomic E-state index is 0.228. The molecule has 0 aliphatic rings. The summed E-state index contributed by atoms with van der Waals surface area (Å²) in [6.07, 6.45) is 1.33. The van der Waals surface area contributed by atoms with Gasteiger partial charge in [-0.25, -0.2) is 9.78 Å². The third kappa shape index (κ3) is 2.78. The van der Waals surface area contributed by atoms with Gasteiger partial charge < -0.3 is 9.47 Å². The zero-order valence-corrected chi connectivity index (χ0v) is 10.3. The zero-order valence-electron chi connectivity index (χ0n) is 9.59. The summed E-state index contributed by atoms with van der Waals surface area (Å²) in [5.74, 6) is 0.392. The highest BCUT2D eigenvalue weighted by Gasteiger charge is 2.15. The van der Waals surface area contributed by atoms with Gasteiger partial charge in [-0.1, -0.05) is 29.8 Å². The van der Waals surface area contributed by atoms with Gasteiger partial charge in [0.1, 0.15) is 22.2 Å². The third-order valence-electron chi connectivity index (χ3n) is 2.21. The van der Waals surface area contributed by atoms with Gasteiger partial charge in [-0.05, 0) is 12.1 Å². The summed E-state index contributed by atoms with van der Waals surface area (Å²) in [6, 6.07) is 10.5. The van der Waals surface area contributed by atoms with Crippen LogP contribution in [0, 0.1) is 0 Å². The molecule has 0 spiro atoms. The Labute approximate surface area is 109 Å². The molecule has 1 heterocycles. The van der Waals surface area contributed by atoms with Gasteiger partial charge in [-0.2, -0.15) is 0 Å². The van der Waals surface area contributed by atoms with E-state index in [9.17, 15) is 4.79 Å². The van der Waals surface area contributed by atoms with Crippen LogP contribution >= 0.6 is 11.6 Å². The number of ether oxygens (including phenoxy) is 2. The highest BCUT2D eigenvalue weighted by Crippen LogP contribution is 2.27. The average molecular weight is 264 g/mol. The van der Waals surface area contributed by atoms with Crippen LogP contribution in [0.2, 0.25) is 5.15 Å². The van der Waals surface area contributed by atoms with E-state index in [1.165, 1.54) is 19.4 Å². The van der Waals surface area contributed by atoms with E-state index in [0.717, 1.165) is 0 Å². The van der Waals surface area contributed by atoms with Gasteiger partial charge in [-0.3, -0.25) is 0 Å². The van der Waals surface area contributed by atoms with E-state index in [-0.39, 0.29) is 10.7 Å². The van der Waals surface area contributed by atoms with Crippen LogP contribution in [0.5, 0.6) is 11.5 Å². The molecule has 0 atom stereocenters. The molecule has 0 saturated heterocycles. The van der Waals surface area contributed by atoms with Gasteiger partial charge in [0.05, 0.1) is 7.11 Å². The largest absolute Gasteiger partial charge is 0.465 e. The number of aromatic nitrogens is 1. The van der Waals surface area contributed by atoms with Crippen LogP contribution < -0.4 is 4.74 Å². The van der Waals surface area contributed by atoms with E-state index in [0.29, 0.717) is 11.5 Å². The molecule has 1 aromatic carbocycles. The minimum atomic E-state index is -0.523. The lowest BCUT2D eigenvalue weighted by Gasteiger charge is -2.09. The van der Waals surface area contributed by atoms with Crippen molar-refractivity contribution in [2.45, 2.75) is 0 Å². The van der Waals surface area contributed by atoms with Gasteiger partial charge >= 0.3 is 5.97 Å². The Hall–Kier alpha value is -2.07. The number of hydrogen-bond donors (Lipinski definition) is 0. The number of para-hydroxylation sites is 1. The van der Waals surface area contributed by atoms with E-state index in [1.54, 1.807) is 12.1 Å². The first-order chi connectivity index (χ1) is 8.70. The smallest absolute Gasteiger partial charge is 0.343 e. The fraction of sp³-hybridized carbons (Fsp3) is 0.0769.